The van der Waals surface area contributed by atoms with E-state index in [4.69, 9.17) is 4.74 Å². The maximum absolute atomic E-state index is 10.9. The Morgan fingerprint density at radius 2 is 1.69 bits per heavy atom. The molecule has 1 heterocycles. The van der Waals surface area contributed by atoms with Crippen LogP contribution in [0.25, 0.3) is 0 Å². The summed E-state index contributed by atoms with van der Waals surface area (Å²) in [7, 11) is 0. The highest BCUT2D eigenvalue weighted by atomic mass is 16.5. The largest absolute Gasteiger partial charge is 0.388 e. The van der Waals surface area contributed by atoms with Crippen molar-refractivity contribution >= 4 is 5.78 Å². The molecule has 76 valence electrons. The van der Waals surface area contributed by atoms with Crippen LogP contribution in [0.4, 0.5) is 0 Å². The summed E-state index contributed by atoms with van der Waals surface area (Å²) in [5.41, 5.74) is 0. The predicted molar refractivity (Wildman–Crippen MR) is 43.0 cm³/mol. The van der Waals surface area contributed by atoms with Gasteiger partial charge in [0, 0.05) is 0 Å². The lowest BCUT2D eigenvalue weighted by atomic mass is 9.94. The van der Waals surface area contributed by atoms with Crippen LogP contribution >= 0.6 is 0 Å². The van der Waals surface area contributed by atoms with Crippen molar-refractivity contribution in [2.24, 2.45) is 0 Å². The molecule has 0 aromatic carbocycles. The number of Topliss-reactive ketones (excluding diaryl/α,β-unsaturated/α-hetero) is 1. The summed E-state index contributed by atoms with van der Waals surface area (Å²) in [6, 6.07) is 0. The van der Waals surface area contributed by atoms with Gasteiger partial charge in [-0.3, -0.25) is 4.79 Å². The maximum atomic E-state index is 10.9. The molecule has 13 heavy (non-hydrogen) atoms. The quantitative estimate of drug-likeness (QED) is 0.466. The van der Waals surface area contributed by atoms with Crippen molar-refractivity contribution in [1.29, 1.82) is 0 Å². The van der Waals surface area contributed by atoms with E-state index in [-0.39, 0.29) is 5.78 Å². The van der Waals surface area contributed by atoms with Crippen molar-refractivity contribution in [3.8, 4) is 0 Å². The summed E-state index contributed by atoms with van der Waals surface area (Å²) in [5.74, 6) is -0.356. The molecule has 1 aliphatic heterocycles. The monoisotopic (exact) mass is 190 g/mol. The summed E-state index contributed by atoms with van der Waals surface area (Å²) in [6.45, 7) is 2.81. The average Bonchev–Trinajstić information content (AvgIpc) is 2.07. The highest BCUT2D eigenvalue weighted by molar-refractivity contribution is 5.81. The van der Waals surface area contributed by atoms with Crippen LogP contribution in [-0.2, 0) is 9.53 Å². The van der Waals surface area contributed by atoms with Crippen LogP contribution in [-0.4, -0.2) is 51.6 Å². The molecule has 0 radical (unpaired) electrons. The first-order chi connectivity index (χ1) is 5.95. The second-order valence-electron chi connectivity index (χ2n) is 3.34. The van der Waals surface area contributed by atoms with Crippen molar-refractivity contribution in [2.75, 3.05) is 0 Å². The summed E-state index contributed by atoms with van der Waals surface area (Å²) in [4.78, 5) is 10.9. The van der Waals surface area contributed by atoms with Gasteiger partial charge in [-0.2, -0.15) is 0 Å². The molecular formula is C8H14O5. The van der Waals surface area contributed by atoms with Gasteiger partial charge in [-0.15, -0.1) is 0 Å². The molecule has 1 fully saturated rings. The van der Waals surface area contributed by atoms with Crippen LogP contribution in [0.1, 0.15) is 13.8 Å². The van der Waals surface area contributed by atoms with Crippen LogP contribution in [0.5, 0.6) is 0 Å². The minimum atomic E-state index is -1.34. The van der Waals surface area contributed by atoms with Crippen LogP contribution in [0.15, 0.2) is 0 Å². The third-order valence-electron chi connectivity index (χ3n) is 2.25. The fourth-order valence-corrected chi connectivity index (χ4v) is 1.39. The van der Waals surface area contributed by atoms with Gasteiger partial charge in [0.2, 0.25) is 0 Å². The first kappa shape index (κ1) is 10.6. The van der Waals surface area contributed by atoms with E-state index < -0.39 is 30.5 Å². The Morgan fingerprint density at radius 1 is 1.15 bits per heavy atom. The molecule has 0 aromatic rings. The molecule has 1 saturated heterocycles. The second kappa shape index (κ2) is 3.71. The number of ether oxygens (including phenoxy) is 1. The van der Waals surface area contributed by atoms with Gasteiger partial charge in [0.1, 0.15) is 24.4 Å². The topological polar surface area (TPSA) is 87.0 Å². The second-order valence-corrected chi connectivity index (χ2v) is 3.34. The van der Waals surface area contributed by atoms with Crippen LogP contribution < -0.4 is 0 Å². The normalized spacial score (nSPS) is 46.1. The van der Waals surface area contributed by atoms with Crippen LogP contribution in [0, 0.1) is 0 Å². The molecule has 1 rings (SSSR count). The molecule has 0 spiro atoms. The van der Waals surface area contributed by atoms with Gasteiger partial charge in [0.15, 0.2) is 5.78 Å². The molecule has 1 aliphatic rings. The average molecular weight is 190 g/mol. The van der Waals surface area contributed by atoms with E-state index in [1.807, 2.05) is 0 Å². The molecule has 0 aromatic heterocycles. The molecule has 0 bridgehead atoms. The molecule has 0 saturated carbocycles. The maximum Gasteiger partial charge on any atom is 0.161 e. The third-order valence-corrected chi connectivity index (χ3v) is 2.25. The summed E-state index contributed by atoms with van der Waals surface area (Å²) in [5, 5.41) is 27.9. The van der Waals surface area contributed by atoms with Gasteiger partial charge < -0.3 is 20.1 Å². The van der Waals surface area contributed by atoms with E-state index in [9.17, 15) is 20.1 Å². The summed E-state index contributed by atoms with van der Waals surface area (Å²) >= 11 is 0. The summed E-state index contributed by atoms with van der Waals surface area (Å²) < 4.78 is 5.03. The molecule has 5 nitrogen and oxygen atoms in total. The Bertz CT molecular complexity index is 205. The van der Waals surface area contributed by atoms with E-state index in [0.29, 0.717) is 0 Å². The summed E-state index contributed by atoms with van der Waals surface area (Å²) in [6.07, 6.45) is -5.49. The fraction of sp³-hybridized carbons (Fsp3) is 0.875. The Hall–Kier alpha value is -0.490. The van der Waals surface area contributed by atoms with E-state index in [0.717, 1.165) is 0 Å². The number of ketones is 1. The smallest absolute Gasteiger partial charge is 0.161 e. The van der Waals surface area contributed by atoms with Crippen LogP contribution in [0.3, 0.4) is 0 Å². The number of carbonyl (C=O) groups is 1. The molecule has 1 unspecified atom stereocenters. The van der Waals surface area contributed by atoms with Gasteiger partial charge in [0.25, 0.3) is 0 Å². The van der Waals surface area contributed by atoms with E-state index in [1.165, 1.54) is 13.8 Å². The Balaban J connectivity index is 2.76. The number of aliphatic hydroxyl groups excluding tert-OH is 3. The Morgan fingerprint density at radius 3 is 2.15 bits per heavy atom. The van der Waals surface area contributed by atoms with Crippen LogP contribution in [0.2, 0.25) is 0 Å². The lowest BCUT2D eigenvalue weighted by Crippen LogP contribution is -2.58. The molecule has 5 atom stereocenters. The third kappa shape index (κ3) is 1.88. The van der Waals surface area contributed by atoms with Crippen molar-refractivity contribution in [2.45, 2.75) is 44.4 Å². The minimum absolute atomic E-state index is 0.356. The fourth-order valence-electron chi connectivity index (χ4n) is 1.39. The SMILES string of the molecule is CC(=O)C1O[C@H](C)[C@H](O)[C@H](O)[C@H]1O. The molecule has 0 aliphatic carbocycles. The first-order valence-corrected chi connectivity index (χ1v) is 4.15. The standard InChI is InChI=1S/C8H14O5/c1-3(9)8-7(12)6(11)5(10)4(2)13-8/h4-8,10-12H,1-2H3/t4-,5+,6+,7-,8?/m1/s1. The lowest BCUT2D eigenvalue weighted by Gasteiger charge is -2.38. The van der Waals surface area contributed by atoms with Gasteiger partial charge in [-0.05, 0) is 13.8 Å². The van der Waals surface area contributed by atoms with Crippen molar-refractivity contribution in [3.63, 3.8) is 0 Å². The van der Waals surface area contributed by atoms with Gasteiger partial charge in [0.05, 0.1) is 6.10 Å². The highest BCUT2D eigenvalue weighted by Crippen LogP contribution is 2.21. The number of rotatable bonds is 1. The predicted octanol–water partition coefficient (Wildman–Crippen LogP) is -1.55. The number of hydrogen-bond acceptors (Lipinski definition) is 5. The lowest BCUT2D eigenvalue weighted by molar-refractivity contribution is -0.214. The zero-order chi connectivity index (χ0) is 10.2. The van der Waals surface area contributed by atoms with E-state index in [1.54, 1.807) is 0 Å². The van der Waals surface area contributed by atoms with E-state index in [2.05, 4.69) is 0 Å². The molecule has 0 amide bonds. The number of carbonyl (C=O) groups excluding carboxylic acids is 1. The molecule has 5 heteroatoms. The number of aliphatic hydroxyl groups is 3. The van der Waals surface area contributed by atoms with Gasteiger partial charge >= 0.3 is 0 Å². The zero-order valence-electron chi connectivity index (χ0n) is 7.54. The van der Waals surface area contributed by atoms with Crippen molar-refractivity contribution in [3.05, 3.63) is 0 Å². The Kier molecular flexibility index (Phi) is 3.02. The van der Waals surface area contributed by atoms with E-state index >= 15 is 0 Å². The van der Waals surface area contributed by atoms with Crippen molar-refractivity contribution < 1.29 is 24.9 Å². The zero-order valence-corrected chi connectivity index (χ0v) is 7.54. The molecular weight excluding hydrogens is 176 g/mol. The molecule has 3 N–H and O–H groups in total. The first-order valence-electron chi connectivity index (χ1n) is 4.15. The Labute approximate surface area is 75.9 Å². The van der Waals surface area contributed by atoms with Crippen molar-refractivity contribution in [1.82, 2.24) is 0 Å². The number of hydrogen-bond donors (Lipinski definition) is 3. The van der Waals surface area contributed by atoms with Gasteiger partial charge in [-0.1, -0.05) is 0 Å². The van der Waals surface area contributed by atoms with Gasteiger partial charge in [-0.25, -0.2) is 0 Å². The minimum Gasteiger partial charge on any atom is -0.388 e. The highest BCUT2D eigenvalue weighted by Gasteiger charge is 2.43.